The smallest absolute Gasteiger partial charge is 0.341 e. The number of hydrogen-bond acceptors (Lipinski definition) is 4. The molecule has 1 aromatic rings. The molecule has 2 heterocycles. The molecule has 1 amide bonds. The fraction of sp³-hybridized carbons (Fsp3) is 0.667. The van der Waals surface area contributed by atoms with Gasteiger partial charge in [-0.15, -0.1) is 11.3 Å². The SMILES string of the molecule is C[C@H](N)C(=O)N1CCC[C@@H](c2nc(C(F)(F)F)cs2)C1. The maximum Gasteiger partial charge on any atom is 0.434 e. The molecule has 4 nitrogen and oxygen atoms in total. The Balaban J connectivity index is 2.09. The third kappa shape index (κ3) is 3.29. The van der Waals surface area contributed by atoms with E-state index < -0.39 is 17.9 Å². The summed E-state index contributed by atoms with van der Waals surface area (Å²) in [7, 11) is 0. The van der Waals surface area contributed by atoms with Crippen LogP contribution in [0.2, 0.25) is 0 Å². The maximum absolute atomic E-state index is 12.5. The molecular weight excluding hydrogens is 291 g/mol. The number of piperidine rings is 1. The number of halogens is 3. The minimum absolute atomic E-state index is 0.132. The summed E-state index contributed by atoms with van der Waals surface area (Å²) in [6, 6.07) is -0.587. The summed E-state index contributed by atoms with van der Waals surface area (Å²) in [5.74, 6) is -0.296. The first-order valence-corrected chi connectivity index (χ1v) is 7.24. The quantitative estimate of drug-likeness (QED) is 0.911. The molecule has 1 aliphatic heterocycles. The van der Waals surface area contributed by atoms with Gasteiger partial charge in [-0.05, 0) is 19.8 Å². The Labute approximate surface area is 118 Å². The van der Waals surface area contributed by atoms with Gasteiger partial charge in [-0.2, -0.15) is 13.2 Å². The zero-order chi connectivity index (χ0) is 14.9. The minimum Gasteiger partial charge on any atom is -0.341 e. The lowest BCUT2D eigenvalue weighted by Crippen LogP contribution is -2.46. The fourth-order valence-electron chi connectivity index (χ4n) is 2.27. The van der Waals surface area contributed by atoms with Crippen LogP contribution in [0.15, 0.2) is 5.38 Å². The van der Waals surface area contributed by atoms with Gasteiger partial charge in [0.25, 0.3) is 0 Å². The van der Waals surface area contributed by atoms with Crippen molar-refractivity contribution < 1.29 is 18.0 Å². The van der Waals surface area contributed by atoms with Gasteiger partial charge in [0.15, 0.2) is 5.69 Å². The first-order valence-electron chi connectivity index (χ1n) is 6.36. The van der Waals surface area contributed by atoms with Crippen molar-refractivity contribution in [3.05, 3.63) is 16.1 Å². The Hall–Kier alpha value is -1.15. The third-order valence-corrected chi connectivity index (χ3v) is 4.29. The Morgan fingerprint density at radius 1 is 1.60 bits per heavy atom. The first kappa shape index (κ1) is 15.2. The monoisotopic (exact) mass is 307 g/mol. The number of alkyl halides is 3. The molecule has 1 fully saturated rings. The van der Waals surface area contributed by atoms with Crippen LogP contribution >= 0.6 is 11.3 Å². The molecule has 20 heavy (non-hydrogen) atoms. The van der Waals surface area contributed by atoms with Gasteiger partial charge < -0.3 is 10.6 Å². The number of nitrogens with zero attached hydrogens (tertiary/aromatic N) is 2. The summed E-state index contributed by atoms with van der Waals surface area (Å²) >= 11 is 1.00. The lowest BCUT2D eigenvalue weighted by atomic mass is 9.98. The van der Waals surface area contributed by atoms with Gasteiger partial charge in [0, 0.05) is 24.4 Å². The lowest BCUT2D eigenvalue weighted by Gasteiger charge is -2.32. The van der Waals surface area contributed by atoms with Crippen molar-refractivity contribution in [3.8, 4) is 0 Å². The van der Waals surface area contributed by atoms with Gasteiger partial charge in [0.1, 0.15) is 0 Å². The van der Waals surface area contributed by atoms with E-state index in [-0.39, 0.29) is 11.8 Å². The zero-order valence-electron chi connectivity index (χ0n) is 11.0. The second kappa shape index (κ2) is 5.69. The molecule has 0 bridgehead atoms. The van der Waals surface area contributed by atoms with E-state index in [9.17, 15) is 18.0 Å². The summed E-state index contributed by atoms with van der Waals surface area (Å²) in [5.41, 5.74) is 4.71. The zero-order valence-corrected chi connectivity index (χ0v) is 11.8. The molecule has 0 aliphatic carbocycles. The molecule has 0 radical (unpaired) electrons. The summed E-state index contributed by atoms with van der Waals surface area (Å²) < 4.78 is 37.6. The predicted octanol–water partition coefficient (Wildman–Crippen LogP) is 2.22. The topological polar surface area (TPSA) is 59.2 Å². The second-order valence-corrected chi connectivity index (χ2v) is 5.87. The van der Waals surface area contributed by atoms with Crippen LogP contribution in [0.3, 0.4) is 0 Å². The molecule has 1 aliphatic rings. The van der Waals surface area contributed by atoms with E-state index in [0.29, 0.717) is 18.1 Å². The molecule has 0 unspecified atom stereocenters. The van der Waals surface area contributed by atoms with Crippen LogP contribution in [-0.4, -0.2) is 34.9 Å². The van der Waals surface area contributed by atoms with Crippen molar-refractivity contribution in [2.45, 2.75) is 37.9 Å². The van der Waals surface area contributed by atoms with Crippen molar-refractivity contribution >= 4 is 17.2 Å². The van der Waals surface area contributed by atoms with Crippen LogP contribution in [0.25, 0.3) is 0 Å². The van der Waals surface area contributed by atoms with Crippen molar-refractivity contribution in [1.82, 2.24) is 9.88 Å². The second-order valence-electron chi connectivity index (χ2n) is 4.98. The minimum atomic E-state index is -4.41. The van der Waals surface area contributed by atoms with E-state index >= 15 is 0 Å². The Bertz CT molecular complexity index is 487. The van der Waals surface area contributed by atoms with Gasteiger partial charge in [0.2, 0.25) is 5.91 Å². The highest BCUT2D eigenvalue weighted by molar-refractivity contribution is 7.09. The number of carbonyl (C=O) groups excluding carboxylic acids is 1. The maximum atomic E-state index is 12.5. The van der Waals surface area contributed by atoms with Gasteiger partial charge in [-0.1, -0.05) is 0 Å². The molecule has 1 saturated heterocycles. The van der Waals surface area contributed by atoms with E-state index in [1.54, 1.807) is 11.8 Å². The number of hydrogen-bond donors (Lipinski definition) is 1. The average molecular weight is 307 g/mol. The van der Waals surface area contributed by atoms with E-state index in [4.69, 9.17) is 5.73 Å². The van der Waals surface area contributed by atoms with E-state index in [1.807, 2.05) is 0 Å². The molecule has 0 aromatic carbocycles. The number of amides is 1. The average Bonchev–Trinajstić information content (AvgIpc) is 2.87. The normalized spacial score (nSPS) is 21.9. The lowest BCUT2D eigenvalue weighted by molar-refractivity contribution is -0.141. The molecule has 112 valence electrons. The summed E-state index contributed by atoms with van der Waals surface area (Å²) in [5, 5.41) is 1.47. The molecule has 0 spiro atoms. The molecule has 1 aromatic heterocycles. The summed E-state index contributed by atoms with van der Waals surface area (Å²) in [6.45, 7) is 2.61. The van der Waals surface area contributed by atoms with E-state index in [2.05, 4.69) is 4.98 Å². The standard InChI is InChI=1S/C12H16F3N3OS/c1-7(16)11(19)18-4-2-3-8(5-18)10-17-9(6-20-10)12(13,14)15/h6-8H,2-5,16H2,1H3/t7-,8+/m0/s1. The van der Waals surface area contributed by atoms with E-state index in [1.165, 1.54) is 0 Å². The van der Waals surface area contributed by atoms with Crippen LogP contribution in [0.5, 0.6) is 0 Å². The third-order valence-electron chi connectivity index (χ3n) is 3.28. The number of nitrogens with two attached hydrogens (primary N) is 1. The highest BCUT2D eigenvalue weighted by Gasteiger charge is 2.35. The van der Waals surface area contributed by atoms with Gasteiger partial charge in [-0.3, -0.25) is 4.79 Å². The number of rotatable bonds is 2. The predicted molar refractivity (Wildman–Crippen MR) is 69.3 cm³/mol. The van der Waals surface area contributed by atoms with Crippen molar-refractivity contribution in [2.75, 3.05) is 13.1 Å². The van der Waals surface area contributed by atoms with Gasteiger partial charge in [-0.25, -0.2) is 4.98 Å². The molecule has 2 atom stereocenters. The number of likely N-dealkylation sites (tertiary alicyclic amines) is 1. The van der Waals surface area contributed by atoms with Crippen molar-refractivity contribution in [3.63, 3.8) is 0 Å². The number of aromatic nitrogens is 1. The van der Waals surface area contributed by atoms with Crippen LogP contribution in [0.4, 0.5) is 13.2 Å². The highest BCUT2D eigenvalue weighted by Crippen LogP contribution is 2.34. The summed E-state index contributed by atoms with van der Waals surface area (Å²) in [6.07, 6.45) is -2.91. The first-order chi connectivity index (χ1) is 9.29. The van der Waals surface area contributed by atoms with Crippen molar-refractivity contribution in [1.29, 1.82) is 0 Å². The largest absolute Gasteiger partial charge is 0.434 e. The molecular formula is C12H16F3N3OS. The van der Waals surface area contributed by atoms with E-state index in [0.717, 1.165) is 29.6 Å². The molecule has 8 heteroatoms. The Morgan fingerprint density at radius 3 is 2.85 bits per heavy atom. The van der Waals surface area contributed by atoms with Crippen LogP contribution < -0.4 is 5.73 Å². The highest BCUT2D eigenvalue weighted by atomic mass is 32.1. The van der Waals surface area contributed by atoms with Crippen molar-refractivity contribution in [2.24, 2.45) is 5.73 Å². The number of thiazole rings is 1. The number of carbonyl (C=O) groups is 1. The Kier molecular flexibility index (Phi) is 4.33. The fourth-order valence-corrected chi connectivity index (χ4v) is 3.23. The Morgan fingerprint density at radius 2 is 2.30 bits per heavy atom. The molecule has 2 rings (SSSR count). The van der Waals surface area contributed by atoms with Crippen LogP contribution in [-0.2, 0) is 11.0 Å². The van der Waals surface area contributed by atoms with Crippen LogP contribution in [0, 0.1) is 0 Å². The molecule has 0 saturated carbocycles. The summed E-state index contributed by atoms with van der Waals surface area (Å²) in [4.78, 5) is 17.1. The van der Waals surface area contributed by atoms with Gasteiger partial charge in [0.05, 0.1) is 11.0 Å². The van der Waals surface area contributed by atoms with Crippen LogP contribution in [0.1, 0.15) is 36.4 Å². The van der Waals surface area contributed by atoms with Gasteiger partial charge >= 0.3 is 6.18 Å². The molecule has 2 N–H and O–H groups in total.